The van der Waals surface area contributed by atoms with Gasteiger partial charge >= 0.3 is 11.9 Å². The molecule has 0 spiro atoms. The van der Waals surface area contributed by atoms with Crippen LogP contribution in [0.5, 0.6) is 0 Å². The first-order valence-corrected chi connectivity index (χ1v) is 6.17. The number of Topliss-reactive ketones (excluding diaryl/α,β-unsaturated/α-hetero) is 1. The minimum Gasteiger partial charge on any atom is -0.476 e. The van der Waals surface area contributed by atoms with Crippen LogP contribution in [0.25, 0.3) is 0 Å². The molecule has 1 atom stereocenters. The van der Waals surface area contributed by atoms with E-state index >= 15 is 0 Å². The Bertz CT molecular complexity index is 421. The molecule has 0 aromatic rings. The van der Waals surface area contributed by atoms with Gasteiger partial charge in [0.15, 0.2) is 6.17 Å². The van der Waals surface area contributed by atoms with Crippen molar-refractivity contribution in [2.24, 2.45) is 0 Å². The van der Waals surface area contributed by atoms with Crippen molar-refractivity contribution >= 4 is 11.8 Å². The summed E-state index contributed by atoms with van der Waals surface area (Å²) in [5.41, 5.74) is 1.90. The van der Waals surface area contributed by atoms with Crippen LogP contribution in [-0.2, 0) is 9.59 Å². The number of hydrogen-bond donors (Lipinski definition) is 1. The van der Waals surface area contributed by atoms with Gasteiger partial charge in [-0.1, -0.05) is 23.3 Å². The van der Waals surface area contributed by atoms with Crippen molar-refractivity contribution in [3.8, 4) is 0 Å². The smallest absolute Gasteiger partial charge is 0.402 e. The van der Waals surface area contributed by atoms with E-state index in [0.717, 1.165) is 17.6 Å². The minimum absolute atomic E-state index is 0.539. The summed E-state index contributed by atoms with van der Waals surface area (Å²) in [5.74, 6) is -9.52. The van der Waals surface area contributed by atoms with Gasteiger partial charge in [0.2, 0.25) is 5.78 Å². The van der Waals surface area contributed by atoms with Gasteiger partial charge in [-0.3, -0.25) is 4.79 Å². The second-order valence-electron chi connectivity index (χ2n) is 4.82. The Morgan fingerprint density at radius 2 is 1.75 bits per heavy atom. The zero-order valence-corrected chi connectivity index (χ0v) is 11.8. The summed E-state index contributed by atoms with van der Waals surface area (Å²) in [6.07, 6.45) is 1.64. The molecule has 114 valence electrons. The highest BCUT2D eigenvalue weighted by molar-refractivity contribution is 6.06. The highest BCUT2D eigenvalue weighted by atomic mass is 19.3. The summed E-state index contributed by atoms with van der Waals surface area (Å²) in [6, 6.07) is 0. The first-order chi connectivity index (χ1) is 9.09. The fourth-order valence-corrected chi connectivity index (χ4v) is 1.40. The van der Waals surface area contributed by atoms with Gasteiger partial charge in [0, 0.05) is 6.42 Å². The Labute approximate surface area is 116 Å². The molecule has 0 aliphatic rings. The Balaban J connectivity index is 4.47. The molecule has 0 amide bonds. The van der Waals surface area contributed by atoms with Crippen LogP contribution in [0.1, 0.15) is 40.0 Å². The first-order valence-electron chi connectivity index (χ1n) is 6.17. The predicted molar refractivity (Wildman–Crippen MR) is 69.5 cm³/mol. The van der Waals surface area contributed by atoms with Gasteiger partial charge in [0.25, 0.3) is 0 Å². The van der Waals surface area contributed by atoms with E-state index in [1.54, 1.807) is 6.92 Å². The monoisotopic (exact) mass is 292 g/mol. The Morgan fingerprint density at radius 1 is 1.20 bits per heavy atom. The Hall–Kier alpha value is -1.59. The number of hydrogen-bond acceptors (Lipinski definition) is 2. The van der Waals surface area contributed by atoms with E-state index < -0.39 is 30.3 Å². The van der Waals surface area contributed by atoms with E-state index in [1.807, 2.05) is 19.9 Å². The van der Waals surface area contributed by atoms with Crippen molar-refractivity contribution in [3.05, 3.63) is 23.3 Å². The average molecular weight is 292 g/mol. The van der Waals surface area contributed by atoms with Crippen LogP contribution in [0.4, 0.5) is 13.2 Å². The standard InChI is InChI=1S/C14H19F3O3/c1-9(2)5-4-6-10(3)7-8-11(15)12(18)14(16,17)13(19)20/h5,7,11H,4,6,8H2,1-3H3,(H,19,20)/b10-7+. The summed E-state index contributed by atoms with van der Waals surface area (Å²) in [6.45, 7) is 5.57. The van der Waals surface area contributed by atoms with Crippen LogP contribution in [-0.4, -0.2) is 29.0 Å². The number of alkyl halides is 3. The number of carboxylic acids is 1. The molecule has 0 aliphatic carbocycles. The molecular weight excluding hydrogens is 273 g/mol. The van der Waals surface area contributed by atoms with Crippen molar-refractivity contribution in [1.29, 1.82) is 0 Å². The van der Waals surface area contributed by atoms with Crippen LogP contribution in [0.3, 0.4) is 0 Å². The molecular formula is C14H19F3O3. The van der Waals surface area contributed by atoms with E-state index in [-0.39, 0.29) is 0 Å². The van der Waals surface area contributed by atoms with Crippen molar-refractivity contribution in [1.82, 2.24) is 0 Å². The second kappa shape index (κ2) is 7.87. The van der Waals surface area contributed by atoms with Gasteiger partial charge in [0.1, 0.15) is 0 Å². The van der Waals surface area contributed by atoms with Gasteiger partial charge in [-0.2, -0.15) is 8.78 Å². The summed E-state index contributed by atoms with van der Waals surface area (Å²) >= 11 is 0. The number of rotatable bonds is 8. The van der Waals surface area contributed by atoms with Crippen molar-refractivity contribution in [3.63, 3.8) is 0 Å². The summed E-state index contributed by atoms with van der Waals surface area (Å²) in [4.78, 5) is 21.1. The fourth-order valence-electron chi connectivity index (χ4n) is 1.40. The maximum absolute atomic E-state index is 13.3. The number of carbonyl (C=O) groups is 2. The van der Waals surface area contributed by atoms with Crippen LogP contribution in [0.2, 0.25) is 0 Å². The predicted octanol–water partition coefficient (Wildman–Crippen LogP) is 3.70. The van der Waals surface area contributed by atoms with Crippen LogP contribution >= 0.6 is 0 Å². The first kappa shape index (κ1) is 18.4. The zero-order valence-electron chi connectivity index (χ0n) is 11.8. The number of ketones is 1. The molecule has 0 aliphatic heterocycles. The van der Waals surface area contributed by atoms with Gasteiger partial charge < -0.3 is 5.11 Å². The lowest BCUT2D eigenvalue weighted by Gasteiger charge is -2.12. The molecule has 0 rings (SSSR count). The molecule has 1 unspecified atom stereocenters. The molecule has 0 bridgehead atoms. The quantitative estimate of drug-likeness (QED) is 0.548. The highest BCUT2D eigenvalue weighted by Gasteiger charge is 2.50. The van der Waals surface area contributed by atoms with Gasteiger partial charge in [0.05, 0.1) is 0 Å². The number of allylic oxidation sites excluding steroid dienone is 4. The SMILES string of the molecule is CC(C)=CCC/C(C)=C/CC(F)C(=O)C(F)(F)C(=O)O. The summed E-state index contributed by atoms with van der Waals surface area (Å²) in [5, 5.41) is 8.15. The van der Waals surface area contributed by atoms with E-state index in [9.17, 15) is 22.8 Å². The summed E-state index contributed by atoms with van der Waals surface area (Å²) < 4.78 is 38.9. The molecule has 0 fully saturated rings. The van der Waals surface area contributed by atoms with Crippen molar-refractivity contribution < 1.29 is 27.9 Å². The Morgan fingerprint density at radius 3 is 2.20 bits per heavy atom. The molecule has 6 heteroatoms. The fraction of sp³-hybridized carbons (Fsp3) is 0.571. The molecule has 0 heterocycles. The third-order valence-electron chi connectivity index (χ3n) is 2.63. The molecule has 1 N–H and O–H groups in total. The molecule has 0 aromatic carbocycles. The van der Waals surface area contributed by atoms with Gasteiger partial charge in [-0.05, 0) is 33.6 Å². The molecule has 0 aromatic heterocycles. The average Bonchev–Trinajstić information content (AvgIpc) is 2.34. The third kappa shape index (κ3) is 6.04. The molecule has 20 heavy (non-hydrogen) atoms. The summed E-state index contributed by atoms with van der Waals surface area (Å²) in [7, 11) is 0. The normalized spacial score (nSPS) is 13.8. The largest absolute Gasteiger partial charge is 0.476 e. The van der Waals surface area contributed by atoms with E-state index in [1.165, 1.54) is 6.08 Å². The van der Waals surface area contributed by atoms with Crippen LogP contribution in [0, 0.1) is 0 Å². The molecule has 3 nitrogen and oxygen atoms in total. The van der Waals surface area contributed by atoms with Gasteiger partial charge in [-0.15, -0.1) is 0 Å². The third-order valence-corrected chi connectivity index (χ3v) is 2.63. The lowest BCUT2D eigenvalue weighted by Crippen LogP contribution is -2.42. The second-order valence-corrected chi connectivity index (χ2v) is 4.82. The molecule has 0 saturated heterocycles. The highest BCUT2D eigenvalue weighted by Crippen LogP contribution is 2.21. The Kier molecular flexibility index (Phi) is 7.24. The number of carboxylic acid groups (broad SMARTS) is 1. The lowest BCUT2D eigenvalue weighted by molar-refractivity contribution is -0.173. The minimum atomic E-state index is -4.68. The topological polar surface area (TPSA) is 54.4 Å². The zero-order chi connectivity index (χ0) is 15.9. The molecule has 0 saturated carbocycles. The van der Waals surface area contributed by atoms with Crippen molar-refractivity contribution in [2.45, 2.75) is 52.1 Å². The van der Waals surface area contributed by atoms with E-state index in [2.05, 4.69) is 0 Å². The van der Waals surface area contributed by atoms with E-state index in [0.29, 0.717) is 6.42 Å². The maximum atomic E-state index is 13.3. The maximum Gasteiger partial charge on any atom is 0.402 e. The molecule has 0 radical (unpaired) electrons. The number of carbonyl (C=O) groups excluding carboxylic acids is 1. The number of aliphatic carboxylic acids is 1. The van der Waals surface area contributed by atoms with Gasteiger partial charge in [-0.25, -0.2) is 9.18 Å². The number of halogens is 3. The van der Waals surface area contributed by atoms with Crippen LogP contribution in [0.15, 0.2) is 23.3 Å². The van der Waals surface area contributed by atoms with Crippen molar-refractivity contribution in [2.75, 3.05) is 0 Å². The van der Waals surface area contributed by atoms with Crippen LogP contribution < -0.4 is 0 Å². The van der Waals surface area contributed by atoms with E-state index in [4.69, 9.17) is 5.11 Å². The lowest BCUT2D eigenvalue weighted by atomic mass is 10.0.